The number of ether oxygens (including phenoxy) is 1. The van der Waals surface area contributed by atoms with Gasteiger partial charge in [-0.2, -0.15) is 5.10 Å². The van der Waals surface area contributed by atoms with Crippen molar-refractivity contribution in [3.8, 4) is 22.7 Å². The van der Waals surface area contributed by atoms with Gasteiger partial charge in [0.25, 0.3) is 0 Å². The SMILES string of the molecule is COc1ccc2ncc3c(-c4ccc(C)c(C)c4)nn(-c4cccc(N5CCC(N(C)C)CC5)c4)c3c2c1. The molecule has 0 bridgehead atoms. The van der Waals surface area contributed by atoms with Crippen LogP contribution in [-0.2, 0) is 0 Å². The lowest BCUT2D eigenvalue weighted by Crippen LogP contribution is -2.42. The van der Waals surface area contributed by atoms with E-state index in [0.29, 0.717) is 6.04 Å². The van der Waals surface area contributed by atoms with Crippen LogP contribution in [0.15, 0.2) is 66.9 Å². The Balaban J connectivity index is 1.52. The number of piperidine rings is 1. The normalized spacial score (nSPS) is 14.6. The molecular weight excluding hydrogens is 470 g/mol. The standard InChI is InChI=1S/C32H35N5O/c1-21-9-10-23(17-22(21)2)31-29-20-33-30-12-11-27(38-5)19-28(30)32(29)37(34-31)26-8-6-7-25(18-26)36-15-13-24(14-16-36)35(3)4/h6-12,17-20,24H,13-16H2,1-5H3. The van der Waals surface area contributed by atoms with Crippen LogP contribution in [0.25, 0.3) is 38.8 Å². The molecule has 6 nitrogen and oxygen atoms in total. The van der Waals surface area contributed by atoms with Gasteiger partial charge in [-0.05, 0) is 94.4 Å². The van der Waals surface area contributed by atoms with Crippen LogP contribution in [0.4, 0.5) is 5.69 Å². The van der Waals surface area contributed by atoms with Crippen LogP contribution in [0.2, 0.25) is 0 Å². The zero-order valence-corrected chi connectivity index (χ0v) is 22.9. The van der Waals surface area contributed by atoms with Crippen molar-refractivity contribution >= 4 is 27.5 Å². The summed E-state index contributed by atoms with van der Waals surface area (Å²) in [6.45, 7) is 6.41. The number of methoxy groups -OCH3 is 1. The van der Waals surface area contributed by atoms with Crippen LogP contribution < -0.4 is 9.64 Å². The van der Waals surface area contributed by atoms with Gasteiger partial charge in [0, 0.05) is 47.4 Å². The lowest BCUT2D eigenvalue weighted by Gasteiger charge is -2.36. The van der Waals surface area contributed by atoms with E-state index in [-0.39, 0.29) is 0 Å². The second-order valence-electron chi connectivity index (χ2n) is 10.7. The second kappa shape index (κ2) is 9.76. The van der Waals surface area contributed by atoms with Gasteiger partial charge in [-0.3, -0.25) is 4.98 Å². The highest BCUT2D eigenvalue weighted by molar-refractivity contribution is 6.09. The lowest BCUT2D eigenvalue weighted by molar-refractivity contribution is 0.249. The third-order valence-corrected chi connectivity index (χ3v) is 8.13. The summed E-state index contributed by atoms with van der Waals surface area (Å²) in [6, 6.07) is 22.1. The molecule has 6 rings (SSSR count). The molecule has 6 heteroatoms. The number of rotatable bonds is 5. The first-order valence-electron chi connectivity index (χ1n) is 13.4. The summed E-state index contributed by atoms with van der Waals surface area (Å²) in [5.41, 5.74) is 8.83. The molecule has 194 valence electrons. The molecule has 0 radical (unpaired) electrons. The van der Waals surface area contributed by atoms with Crippen molar-refractivity contribution in [1.82, 2.24) is 19.7 Å². The Labute approximate surface area is 224 Å². The first kappa shape index (κ1) is 24.4. The van der Waals surface area contributed by atoms with Gasteiger partial charge in [-0.25, -0.2) is 4.68 Å². The van der Waals surface area contributed by atoms with E-state index >= 15 is 0 Å². The molecule has 0 saturated carbocycles. The van der Waals surface area contributed by atoms with E-state index in [2.05, 4.69) is 91.0 Å². The maximum absolute atomic E-state index is 5.59. The van der Waals surface area contributed by atoms with Gasteiger partial charge in [0.05, 0.1) is 23.8 Å². The number of benzene rings is 3. The number of nitrogens with zero attached hydrogens (tertiary/aromatic N) is 5. The Hall–Kier alpha value is -3.90. The molecule has 1 aliphatic rings. The summed E-state index contributed by atoms with van der Waals surface area (Å²) in [6.07, 6.45) is 4.32. The average molecular weight is 506 g/mol. The minimum Gasteiger partial charge on any atom is -0.497 e. The van der Waals surface area contributed by atoms with Gasteiger partial charge in [0.2, 0.25) is 0 Å². The number of hydrogen-bond acceptors (Lipinski definition) is 5. The smallest absolute Gasteiger partial charge is 0.119 e. The van der Waals surface area contributed by atoms with E-state index in [9.17, 15) is 0 Å². The van der Waals surface area contributed by atoms with E-state index in [1.807, 2.05) is 18.3 Å². The number of anilines is 1. The molecule has 0 amide bonds. The summed E-state index contributed by atoms with van der Waals surface area (Å²) >= 11 is 0. The van der Waals surface area contributed by atoms with Crippen molar-refractivity contribution in [3.05, 3.63) is 78.0 Å². The minimum absolute atomic E-state index is 0.652. The number of aryl methyl sites for hydroxylation is 2. The molecule has 3 aromatic carbocycles. The van der Waals surface area contributed by atoms with Gasteiger partial charge in [-0.15, -0.1) is 0 Å². The Morgan fingerprint density at radius 1 is 0.868 bits per heavy atom. The van der Waals surface area contributed by atoms with Gasteiger partial charge in [0.1, 0.15) is 11.4 Å². The molecular formula is C32H35N5O. The third kappa shape index (κ3) is 4.29. The van der Waals surface area contributed by atoms with Crippen LogP contribution in [0, 0.1) is 13.8 Å². The molecule has 3 heterocycles. The van der Waals surface area contributed by atoms with Crippen LogP contribution in [0.1, 0.15) is 24.0 Å². The number of pyridine rings is 1. The Kier molecular flexibility index (Phi) is 6.28. The van der Waals surface area contributed by atoms with Crippen molar-refractivity contribution in [2.45, 2.75) is 32.7 Å². The Bertz CT molecular complexity index is 1630. The summed E-state index contributed by atoms with van der Waals surface area (Å²) in [5.74, 6) is 0.810. The fourth-order valence-electron chi connectivity index (χ4n) is 5.64. The molecule has 1 saturated heterocycles. The molecule has 0 spiro atoms. The zero-order valence-electron chi connectivity index (χ0n) is 22.9. The van der Waals surface area contributed by atoms with E-state index in [0.717, 1.165) is 57.6 Å². The number of hydrogen-bond donors (Lipinski definition) is 0. The van der Waals surface area contributed by atoms with Crippen molar-refractivity contribution < 1.29 is 4.74 Å². The maximum atomic E-state index is 5.59. The summed E-state index contributed by atoms with van der Waals surface area (Å²) in [5, 5.41) is 7.30. The lowest BCUT2D eigenvalue weighted by atomic mass is 10.0. The van der Waals surface area contributed by atoms with Crippen LogP contribution in [0.3, 0.4) is 0 Å². The molecule has 5 aromatic rings. The predicted octanol–water partition coefficient (Wildman–Crippen LogP) is 6.40. The first-order valence-corrected chi connectivity index (χ1v) is 13.4. The fraction of sp³-hybridized carbons (Fsp3) is 0.312. The van der Waals surface area contributed by atoms with E-state index in [1.165, 1.54) is 29.7 Å². The van der Waals surface area contributed by atoms with Crippen LogP contribution >= 0.6 is 0 Å². The Morgan fingerprint density at radius 2 is 1.66 bits per heavy atom. The van der Waals surface area contributed by atoms with Crippen molar-refractivity contribution in [2.75, 3.05) is 39.2 Å². The third-order valence-electron chi connectivity index (χ3n) is 8.13. The first-order chi connectivity index (χ1) is 18.4. The van der Waals surface area contributed by atoms with Gasteiger partial charge in [0.15, 0.2) is 0 Å². The highest BCUT2D eigenvalue weighted by Crippen LogP contribution is 2.36. The summed E-state index contributed by atoms with van der Waals surface area (Å²) in [7, 11) is 6.08. The predicted molar refractivity (Wildman–Crippen MR) is 157 cm³/mol. The topological polar surface area (TPSA) is 46.4 Å². The van der Waals surface area contributed by atoms with Crippen molar-refractivity contribution in [2.24, 2.45) is 0 Å². The molecule has 0 N–H and O–H groups in total. The van der Waals surface area contributed by atoms with Gasteiger partial charge >= 0.3 is 0 Å². The zero-order chi connectivity index (χ0) is 26.4. The quantitative estimate of drug-likeness (QED) is 0.277. The highest BCUT2D eigenvalue weighted by Gasteiger charge is 2.22. The molecule has 1 fully saturated rings. The molecule has 0 unspecified atom stereocenters. The number of fused-ring (bicyclic) bond motifs is 3. The van der Waals surface area contributed by atoms with Gasteiger partial charge in [-0.1, -0.05) is 18.2 Å². The minimum atomic E-state index is 0.652. The van der Waals surface area contributed by atoms with E-state index in [1.54, 1.807) is 7.11 Å². The second-order valence-corrected chi connectivity index (χ2v) is 10.7. The highest BCUT2D eigenvalue weighted by atomic mass is 16.5. The largest absolute Gasteiger partial charge is 0.497 e. The molecule has 1 aliphatic heterocycles. The fourth-order valence-corrected chi connectivity index (χ4v) is 5.64. The van der Waals surface area contributed by atoms with E-state index < -0.39 is 0 Å². The Morgan fingerprint density at radius 3 is 2.39 bits per heavy atom. The summed E-state index contributed by atoms with van der Waals surface area (Å²) in [4.78, 5) is 9.66. The van der Waals surface area contributed by atoms with Crippen LogP contribution in [-0.4, -0.2) is 60.0 Å². The van der Waals surface area contributed by atoms with Crippen molar-refractivity contribution in [1.29, 1.82) is 0 Å². The van der Waals surface area contributed by atoms with E-state index in [4.69, 9.17) is 14.8 Å². The van der Waals surface area contributed by atoms with Crippen LogP contribution in [0.5, 0.6) is 5.75 Å². The maximum Gasteiger partial charge on any atom is 0.119 e. The number of aromatic nitrogens is 3. The molecule has 0 atom stereocenters. The van der Waals surface area contributed by atoms with Gasteiger partial charge < -0.3 is 14.5 Å². The molecule has 2 aromatic heterocycles. The molecule has 38 heavy (non-hydrogen) atoms. The average Bonchev–Trinajstić information content (AvgIpc) is 3.34. The summed E-state index contributed by atoms with van der Waals surface area (Å²) < 4.78 is 7.69. The van der Waals surface area contributed by atoms with Crippen molar-refractivity contribution in [3.63, 3.8) is 0 Å². The monoisotopic (exact) mass is 505 g/mol. The molecule has 0 aliphatic carbocycles.